The fourth-order valence-electron chi connectivity index (χ4n) is 5.75. The van der Waals surface area contributed by atoms with Gasteiger partial charge in [-0.1, -0.05) is 40.7 Å². The number of aromatic hydroxyl groups is 1. The minimum Gasteiger partial charge on any atom is -0.508 e. The second kappa shape index (κ2) is 8.61. The number of benzene rings is 1. The molecule has 2 aliphatic rings. The number of hydrogen-bond acceptors (Lipinski definition) is 3. The van der Waals surface area contributed by atoms with Crippen LogP contribution in [-0.2, 0) is 0 Å². The molecular formula is C23H39ClN2O. The third-order valence-corrected chi connectivity index (χ3v) is 6.26. The average molecular weight is 395 g/mol. The van der Waals surface area contributed by atoms with Gasteiger partial charge in [-0.2, -0.15) is 0 Å². The molecule has 0 aromatic heterocycles. The Morgan fingerprint density at radius 1 is 1.00 bits per heavy atom. The smallest absolute Gasteiger partial charge is 0.117 e. The predicted molar refractivity (Wildman–Crippen MR) is 118 cm³/mol. The molecule has 0 spiro atoms. The Morgan fingerprint density at radius 3 is 2.15 bits per heavy atom. The number of anilines is 1. The quantitative estimate of drug-likeness (QED) is 0.713. The molecule has 0 unspecified atom stereocenters. The second-order valence-corrected chi connectivity index (χ2v) is 10.2. The Hall–Kier alpha value is -0.930. The number of halogens is 1. The predicted octanol–water partition coefficient (Wildman–Crippen LogP) is 5.67. The molecule has 2 fully saturated rings. The monoisotopic (exact) mass is 394 g/mol. The number of piperazine rings is 1. The number of phenolic OH excluding ortho intramolecular Hbond substituents is 1. The highest BCUT2D eigenvalue weighted by Crippen LogP contribution is 2.53. The van der Waals surface area contributed by atoms with E-state index in [9.17, 15) is 5.11 Å². The molecule has 0 bridgehead atoms. The standard InChI is InChI=1S/C23H38N2O.ClH/c1-6-9-24-10-12-25(13-11-24)21-14-19(26)7-8-20(21)18-15-22(2,3)17-23(4,5)16-18;/h7-8,14,18,26H,6,9-13,15-17H2,1-5H3;1H. The van der Waals surface area contributed by atoms with Gasteiger partial charge in [0.05, 0.1) is 0 Å². The van der Waals surface area contributed by atoms with Crippen LogP contribution < -0.4 is 4.90 Å². The number of rotatable bonds is 4. The van der Waals surface area contributed by atoms with Gasteiger partial charge in [0.25, 0.3) is 0 Å². The normalized spacial score (nSPS) is 23.1. The molecule has 27 heavy (non-hydrogen) atoms. The highest BCUT2D eigenvalue weighted by molar-refractivity contribution is 5.85. The van der Waals surface area contributed by atoms with Crippen molar-refractivity contribution < 1.29 is 5.11 Å². The van der Waals surface area contributed by atoms with E-state index in [0.717, 1.165) is 26.2 Å². The van der Waals surface area contributed by atoms with Gasteiger partial charge in [-0.3, -0.25) is 4.90 Å². The number of nitrogens with zero attached hydrogens (tertiary/aromatic N) is 2. The van der Waals surface area contributed by atoms with E-state index in [1.54, 1.807) is 0 Å². The maximum Gasteiger partial charge on any atom is 0.117 e. The Kier molecular flexibility index (Phi) is 7.13. The van der Waals surface area contributed by atoms with Gasteiger partial charge in [0, 0.05) is 37.9 Å². The highest BCUT2D eigenvalue weighted by atomic mass is 35.5. The van der Waals surface area contributed by atoms with Crippen LogP contribution in [0.25, 0.3) is 0 Å². The van der Waals surface area contributed by atoms with Crippen LogP contribution in [0.5, 0.6) is 5.75 Å². The first-order valence-corrected chi connectivity index (χ1v) is 10.5. The van der Waals surface area contributed by atoms with Crippen molar-refractivity contribution >= 4 is 18.1 Å². The first-order valence-electron chi connectivity index (χ1n) is 10.5. The van der Waals surface area contributed by atoms with Crippen molar-refractivity contribution in [2.75, 3.05) is 37.6 Å². The summed E-state index contributed by atoms with van der Waals surface area (Å²) in [5.74, 6) is 0.979. The van der Waals surface area contributed by atoms with Crippen LogP contribution in [0.2, 0.25) is 0 Å². The van der Waals surface area contributed by atoms with E-state index in [-0.39, 0.29) is 12.4 Å². The Morgan fingerprint density at radius 2 is 1.59 bits per heavy atom. The van der Waals surface area contributed by atoms with Crippen molar-refractivity contribution in [1.29, 1.82) is 0 Å². The molecule has 3 rings (SSSR count). The topological polar surface area (TPSA) is 26.7 Å². The van der Waals surface area contributed by atoms with Crippen molar-refractivity contribution in [2.24, 2.45) is 10.8 Å². The zero-order valence-corrected chi connectivity index (χ0v) is 18.7. The molecule has 1 aromatic carbocycles. The third-order valence-electron chi connectivity index (χ3n) is 6.26. The van der Waals surface area contributed by atoms with Crippen LogP contribution in [-0.4, -0.2) is 42.7 Å². The molecule has 4 heteroatoms. The molecule has 1 aromatic rings. The number of phenols is 1. The molecule has 1 N–H and O–H groups in total. The van der Waals surface area contributed by atoms with Crippen LogP contribution in [0.4, 0.5) is 5.69 Å². The van der Waals surface area contributed by atoms with Crippen LogP contribution in [0.15, 0.2) is 18.2 Å². The lowest BCUT2D eigenvalue weighted by Gasteiger charge is -2.46. The summed E-state index contributed by atoms with van der Waals surface area (Å²) in [7, 11) is 0. The zero-order valence-electron chi connectivity index (χ0n) is 17.9. The summed E-state index contributed by atoms with van der Waals surface area (Å²) in [6.45, 7) is 17.5. The molecule has 1 aliphatic carbocycles. The Labute approximate surface area is 172 Å². The van der Waals surface area contributed by atoms with Crippen LogP contribution in [0.3, 0.4) is 0 Å². The summed E-state index contributed by atoms with van der Waals surface area (Å²) < 4.78 is 0. The van der Waals surface area contributed by atoms with Crippen molar-refractivity contribution in [3.05, 3.63) is 23.8 Å². The molecular weight excluding hydrogens is 356 g/mol. The van der Waals surface area contributed by atoms with Gasteiger partial charge >= 0.3 is 0 Å². The summed E-state index contributed by atoms with van der Waals surface area (Å²) in [5.41, 5.74) is 3.48. The summed E-state index contributed by atoms with van der Waals surface area (Å²) in [5, 5.41) is 10.2. The maximum absolute atomic E-state index is 10.2. The SMILES string of the molecule is CCCN1CCN(c2cc(O)ccc2C2CC(C)(C)CC(C)(C)C2)CC1.Cl. The van der Waals surface area contributed by atoms with E-state index < -0.39 is 0 Å². The molecule has 1 saturated heterocycles. The lowest BCUT2D eigenvalue weighted by Crippen LogP contribution is -2.47. The van der Waals surface area contributed by atoms with Gasteiger partial charge in [0.2, 0.25) is 0 Å². The maximum atomic E-state index is 10.2. The largest absolute Gasteiger partial charge is 0.508 e. The number of hydrogen-bond donors (Lipinski definition) is 1. The minimum atomic E-state index is 0. The van der Waals surface area contributed by atoms with Crippen molar-refractivity contribution in [1.82, 2.24) is 4.90 Å². The Bertz CT molecular complexity index is 605. The molecule has 1 heterocycles. The van der Waals surface area contributed by atoms with Crippen molar-refractivity contribution in [3.63, 3.8) is 0 Å². The fraction of sp³-hybridized carbons (Fsp3) is 0.739. The molecule has 3 nitrogen and oxygen atoms in total. The van der Waals surface area contributed by atoms with E-state index in [4.69, 9.17) is 0 Å². The first kappa shape index (κ1) is 22.4. The van der Waals surface area contributed by atoms with Gasteiger partial charge < -0.3 is 10.0 Å². The average Bonchev–Trinajstić information content (AvgIpc) is 2.53. The van der Waals surface area contributed by atoms with Crippen LogP contribution in [0.1, 0.15) is 71.8 Å². The van der Waals surface area contributed by atoms with Gasteiger partial charge in [-0.05, 0) is 60.6 Å². The molecule has 0 amide bonds. The van der Waals surface area contributed by atoms with Gasteiger partial charge in [-0.25, -0.2) is 0 Å². The highest BCUT2D eigenvalue weighted by Gasteiger charge is 2.40. The van der Waals surface area contributed by atoms with E-state index >= 15 is 0 Å². The Balaban J connectivity index is 0.00000261. The van der Waals surface area contributed by atoms with Gasteiger partial charge in [0.1, 0.15) is 5.75 Å². The van der Waals surface area contributed by atoms with Crippen LogP contribution in [0, 0.1) is 10.8 Å². The summed E-state index contributed by atoms with van der Waals surface area (Å²) >= 11 is 0. The first-order chi connectivity index (χ1) is 12.2. The van der Waals surface area contributed by atoms with Gasteiger partial charge in [0.15, 0.2) is 0 Å². The molecule has 154 valence electrons. The lowest BCUT2D eigenvalue weighted by atomic mass is 9.60. The summed E-state index contributed by atoms with van der Waals surface area (Å²) in [6.07, 6.45) is 5.00. The molecule has 0 atom stereocenters. The van der Waals surface area contributed by atoms with Crippen LogP contribution >= 0.6 is 12.4 Å². The minimum absolute atomic E-state index is 0. The van der Waals surface area contributed by atoms with E-state index in [0.29, 0.717) is 22.5 Å². The van der Waals surface area contributed by atoms with Crippen molar-refractivity contribution in [3.8, 4) is 5.75 Å². The molecule has 1 aliphatic heterocycles. The summed E-state index contributed by atoms with van der Waals surface area (Å²) in [6, 6.07) is 6.10. The lowest BCUT2D eigenvalue weighted by molar-refractivity contribution is 0.0969. The molecule has 0 radical (unpaired) electrons. The second-order valence-electron chi connectivity index (χ2n) is 10.2. The van der Waals surface area contributed by atoms with E-state index in [1.807, 2.05) is 12.1 Å². The van der Waals surface area contributed by atoms with E-state index in [1.165, 1.54) is 43.5 Å². The fourth-order valence-corrected chi connectivity index (χ4v) is 5.75. The van der Waals surface area contributed by atoms with Crippen molar-refractivity contribution in [2.45, 2.75) is 66.2 Å². The van der Waals surface area contributed by atoms with E-state index in [2.05, 4.69) is 50.5 Å². The zero-order chi connectivity index (χ0) is 18.9. The summed E-state index contributed by atoms with van der Waals surface area (Å²) in [4.78, 5) is 5.07. The molecule has 1 saturated carbocycles. The third kappa shape index (κ3) is 5.54. The van der Waals surface area contributed by atoms with Gasteiger partial charge in [-0.15, -0.1) is 12.4 Å².